The minimum atomic E-state index is 0.342. The van der Waals surface area contributed by atoms with Crippen LogP contribution in [-0.4, -0.2) is 16.3 Å². The van der Waals surface area contributed by atoms with Crippen LogP contribution in [0.3, 0.4) is 0 Å². The molecule has 0 spiro atoms. The first-order valence-electron chi connectivity index (χ1n) is 7.65. The molecule has 0 amide bonds. The predicted molar refractivity (Wildman–Crippen MR) is 80.1 cm³/mol. The van der Waals surface area contributed by atoms with Gasteiger partial charge in [0.15, 0.2) is 0 Å². The zero-order valence-electron chi connectivity index (χ0n) is 12.6. The molecule has 3 nitrogen and oxygen atoms in total. The Morgan fingerprint density at radius 1 is 1.32 bits per heavy atom. The normalized spacial score (nSPS) is 18.6. The van der Waals surface area contributed by atoms with Crippen molar-refractivity contribution in [2.75, 3.05) is 6.54 Å². The van der Waals surface area contributed by atoms with Gasteiger partial charge in [0.2, 0.25) is 0 Å². The molecule has 0 bridgehead atoms. The average Bonchev–Trinajstić information content (AvgIpc) is 2.66. The van der Waals surface area contributed by atoms with Crippen molar-refractivity contribution >= 4 is 0 Å². The number of nitrogens with zero attached hydrogens (tertiary/aromatic N) is 2. The van der Waals surface area contributed by atoms with Crippen LogP contribution in [0.25, 0.3) is 0 Å². The summed E-state index contributed by atoms with van der Waals surface area (Å²) in [7, 11) is 2.05. The molecule has 0 radical (unpaired) electrons. The van der Waals surface area contributed by atoms with Crippen molar-refractivity contribution in [2.45, 2.75) is 58.4 Å². The third-order valence-corrected chi connectivity index (χ3v) is 3.94. The Morgan fingerprint density at radius 3 is 2.79 bits per heavy atom. The molecule has 0 fully saturated rings. The van der Waals surface area contributed by atoms with E-state index in [0.29, 0.717) is 6.04 Å². The number of aryl methyl sites for hydroxylation is 2. The van der Waals surface area contributed by atoms with Gasteiger partial charge in [0.25, 0.3) is 0 Å². The molecule has 1 aliphatic carbocycles. The van der Waals surface area contributed by atoms with Crippen LogP contribution >= 0.6 is 0 Å². The van der Waals surface area contributed by atoms with Gasteiger partial charge in [-0.15, -0.1) is 0 Å². The second-order valence-electron chi connectivity index (χ2n) is 5.56. The molecule has 1 aromatic heterocycles. The summed E-state index contributed by atoms with van der Waals surface area (Å²) in [5.41, 5.74) is 3.96. The SMILES string of the molecule is CCNC(C1=CCCCCCC1)c1cc(C)nn1C. The van der Waals surface area contributed by atoms with Gasteiger partial charge in [-0.3, -0.25) is 4.68 Å². The Morgan fingerprint density at radius 2 is 2.11 bits per heavy atom. The number of likely N-dealkylation sites (N-methyl/N-ethyl adjacent to an activating group) is 1. The minimum absolute atomic E-state index is 0.342. The van der Waals surface area contributed by atoms with Gasteiger partial charge in [0.05, 0.1) is 17.4 Å². The summed E-state index contributed by atoms with van der Waals surface area (Å²) in [5, 5.41) is 8.14. The fraction of sp³-hybridized carbons (Fsp3) is 0.688. The molecule has 0 saturated heterocycles. The summed E-state index contributed by atoms with van der Waals surface area (Å²) in [4.78, 5) is 0. The Kier molecular flexibility index (Phi) is 5.20. The van der Waals surface area contributed by atoms with E-state index in [1.165, 1.54) is 44.2 Å². The lowest BCUT2D eigenvalue weighted by Crippen LogP contribution is -2.25. The van der Waals surface area contributed by atoms with Gasteiger partial charge in [-0.2, -0.15) is 5.10 Å². The highest BCUT2D eigenvalue weighted by Gasteiger charge is 2.19. The maximum Gasteiger partial charge on any atom is 0.0707 e. The van der Waals surface area contributed by atoms with Crippen molar-refractivity contribution in [3.05, 3.63) is 29.1 Å². The molecule has 1 atom stereocenters. The lowest BCUT2D eigenvalue weighted by atomic mass is 9.93. The summed E-state index contributed by atoms with van der Waals surface area (Å²) in [5.74, 6) is 0. The first kappa shape index (κ1) is 14.3. The second kappa shape index (κ2) is 6.90. The summed E-state index contributed by atoms with van der Waals surface area (Å²) in [6.45, 7) is 5.24. The second-order valence-corrected chi connectivity index (χ2v) is 5.56. The van der Waals surface area contributed by atoms with Crippen LogP contribution in [-0.2, 0) is 7.05 Å². The minimum Gasteiger partial charge on any atom is -0.306 e. The summed E-state index contributed by atoms with van der Waals surface area (Å²) >= 11 is 0. The van der Waals surface area contributed by atoms with Gasteiger partial charge < -0.3 is 5.32 Å². The van der Waals surface area contributed by atoms with Crippen molar-refractivity contribution in [1.29, 1.82) is 0 Å². The van der Waals surface area contributed by atoms with E-state index in [-0.39, 0.29) is 0 Å². The fourth-order valence-electron chi connectivity index (χ4n) is 3.01. The molecule has 106 valence electrons. The molecule has 1 heterocycles. The number of rotatable bonds is 4. The van der Waals surface area contributed by atoms with E-state index in [1.807, 2.05) is 4.68 Å². The molecule has 1 N–H and O–H groups in total. The molecule has 0 aromatic carbocycles. The molecule has 1 aromatic rings. The lowest BCUT2D eigenvalue weighted by Gasteiger charge is -2.23. The lowest BCUT2D eigenvalue weighted by molar-refractivity contribution is 0.525. The molecule has 1 aliphatic rings. The summed E-state index contributed by atoms with van der Waals surface area (Å²) in [6, 6.07) is 2.56. The van der Waals surface area contributed by atoms with Gasteiger partial charge in [0, 0.05) is 7.05 Å². The highest BCUT2D eigenvalue weighted by molar-refractivity contribution is 5.25. The third kappa shape index (κ3) is 3.69. The molecule has 2 rings (SSSR count). The highest BCUT2D eigenvalue weighted by Crippen LogP contribution is 2.28. The quantitative estimate of drug-likeness (QED) is 0.838. The molecular formula is C16H27N3. The van der Waals surface area contributed by atoms with Crippen molar-refractivity contribution in [1.82, 2.24) is 15.1 Å². The number of hydrogen-bond donors (Lipinski definition) is 1. The average molecular weight is 261 g/mol. The molecule has 1 unspecified atom stereocenters. The zero-order chi connectivity index (χ0) is 13.7. The maximum absolute atomic E-state index is 4.50. The largest absolute Gasteiger partial charge is 0.306 e. The van der Waals surface area contributed by atoms with Gasteiger partial charge in [-0.1, -0.05) is 31.4 Å². The third-order valence-electron chi connectivity index (χ3n) is 3.94. The summed E-state index contributed by atoms with van der Waals surface area (Å²) < 4.78 is 2.03. The number of hydrogen-bond acceptors (Lipinski definition) is 2. The Hall–Kier alpha value is -1.09. The van der Waals surface area contributed by atoms with Crippen molar-refractivity contribution < 1.29 is 0 Å². The van der Waals surface area contributed by atoms with Crippen LogP contribution in [0.4, 0.5) is 0 Å². The molecule has 0 saturated carbocycles. The Bertz CT molecular complexity index is 431. The molecular weight excluding hydrogens is 234 g/mol. The molecule has 0 aliphatic heterocycles. The van der Waals surface area contributed by atoms with Crippen LogP contribution in [0.15, 0.2) is 17.7 Å². The predicted octanol–water partition coefficient (Wildman–Crippen LogP) is 3.66. The standard InChI is InChI=1S/C16H27N3/c1-4-17-16(15-12-13(2)18-19(15)3)14-10-8-6-5-7-9-11-14/h10,12,16-17H,4-9,11H2,1-3H3. The van der Waals surface area contributed by atoms with Crippen LogP contribution in [0.2, 0.25) is 0 Å². The highest BCUT2D eigenvalue weighted by atomic mass is 15.3. The maximum atomic E-state index is 4.50. The van der Waals surface area contributed by atoms with E-state index in [0.717, 1.165) is 12.2 Å². The number of aromatic nitrogens is 2. The number of allylic oxidation sites excluding steroid dienone is 1. The van der Waals surface area contributed by atoms with E-state index in [9.17, 15) is 0 Å². The van der Waals surface area contributed by atoms with Crippen molar-refractivity contribution in [3.8, 4) is 0 Å². The van der Waals surface area contributed by atoms with Crippen molar-refractivity contribution in [2.24, 2.45) is 7.05 Å². The topological polar surface area (TPSA) is 29.9 Å². The van der Waals surface area contributed by atoms with Gasteiger partial charge in [-0.25, -0.2) is 0 Å². The monoisotopic (exact) mass is 261 g/mol. The fourth-order valence-corrected chi connectivity index (χ4v) is 3.01. The van der Waals surface area contributed by atoms with E-state index in [2.05, 4.69) is 43.5 Å². The van der Waals surface area contributed by atoms with E-state index < -0.39 is 0 Å². The van der Waals surface area contributed by atoms with Crippen LogP contribution < -0.4 is 5.32 Å². The van der Waals surface area contributed by atoms with E-state index in [4.69, 9.17) is 0 Å². The van der Waals surface area contributed by atoms with Gasteiger partial charge in [-0.05, 0) is 45.2 Å². The van der Waals surface area contributed by atoms with Crippen LogP contribution in [0, 0.1) is 6.92 Å². The van der Waals surface area contributed by atoms with E-state index >= 15 is 0 Å². The molecule has 19 heavy (non-hydrogen) atoms. The first-order valence-corrected chi connectivity index (χ1v) is 7.65. The molecule has 3 heteroatoms. The summed E-state index contributed by atoms with van der Waals surface area (Å²) in [6.07, 6.45) is 10.4. The zero-order valence-corrected chi connectivity index (χ0v) is 12.6. The Labute approximate surface area is 117 Å². The smallest absolute Gasteiger partial charge is 0.0707 e. The van der Waals surface area contributed by atoms with Crippen LogP contribution in [0.1, 0.15) is 62.9 Å². The van der Waals surface area contributed by atoms with Gasteiger partial charge in [0.1, 0.15) is 0 Å². The van der Waals surface area contributed by atoms with Gasteiger partial charge >= 0.3 is 0 Å². The van der Waals surface area contributed by atoms with Crippen LogP contribution in [0.5, 0.6) is 0 Å². The van der Waals surface area contributed by atoms with E-state index in [1.54, 1.807) is 5.57 Å². The van der Waals surface area contributed by atoms with Crippen molar-refractivity contribution in [3.63, 3.8) is 0 Å². The number of nitrogens with one attached hydrogen (secondary N) is 1. The first-order chi connectivity index (χ1) is 9.22. The Balaban J connectivity index is 2.25.